The lowest BCUT2D eigenvalue weighted by atomic mass is 10.1. The first-order chi connectivity index (χ1) is 8.53. The van der Waals surface area contributed by atoms with Gasteiger partial charge in [0.25, 0.3) is 0 Å². The van der Waals surface area contributed by atoms with Crippen molar-refractivity contribution in [3.05, 3.63) is 0 Å². The molecule has 0 bridgehead atoms. The number of nitrogens with zero attached hydrogens (tertiary/aromatic N) is 2. The van der Waals surface area contributed by atoms with E-state index in [0.717, 1.165) is 19.6 Å². The lowest BCUT2D eigenvalue weighted by Crippen LogP contribution is -2.46. The smallest absolute Gasteiger partial charge is 0.323 e. The number of hydrogen-bond donors (Lipinski definition) is 0. The van der Waals surface area contributed by atoms with Crippen LogP contribution in [0.1, 0.15) is 41.5 Å². The molecule has 0 aromatic rings. The van der Waals surface area contributed by atoms with E-state index in [1.807, 2.05) is 41.8 Å². The van der Waals surface area contributed by atoms with Gasteiger partial charge in [0.15, 0.2) is 0 Å². The van der Waals surface area contributed by atoms with E-state index < -0.39 is 5.60 Å². The molecule has 0 aliphatic rings. The van der Waals surface area contributed by atoms with Crippen LogP contribution in [-0.2, 0) is 9.53 Å². The largest absolute Gasteiger partial charge is 0.459 e. The van der Waals surface area contributed by atoms with E-state index in [1.54, 1.807) is 0 Å². The average molecular weight is 272 g/mol. The van der Waals surface area contributed by atoms with Gasteiger partial charge in [-0.25, -0.2) is 0 Å². The van der Waals surface area contributed by atoms with Crippen LogP contribution in [0.25, 0.3) is 0 Å². The molecule has 0 fully saturated rings. The minimum absolute atomic E-state index is 0.132. The fourth-order valence-corrected chi connectivity index (χ4v) is 1.78. The number of rotatable bonds is 7. The summed E-state index contributed by atoms with van der Waals surface area (Å²) in [5.74, 6) is 0.402. The van der Waals surface area contributed by atoms with Gasteiger partial charge in [-0.3, -0.25) is 9.69 Å². The molecule has 0 rings (SSSR count). The van der Waals surface area contributed by atoms with Gasteiger partial charge in [-0.2, -0.15) is 0 Å². The Bertz CT molecular complexity index is 270. The molecule has 0 saturated heterocycles. The van der Waals surface area contributed by atoms with Crippen LogP contribution in [0.15, 0.2) is 0 Å². The minimum atomic E-state index is -0.420. The van der Waals surface area contributed by atoms with E-state index in [0.29, 0.717) is 5.92 Å². The van der Waals surface area contributed by atoms with Crippen molar-refractivity contribution < 1.29 is 9.53 Å². The van der Waals surface area contributed by atoms with Crippen molar-refractivity contribution in [2.45, 2.75) is 53.2 Å². The molecule has 1 unspecified atom stereocenters. The molecule has 19 heavy (non-hydrogen) atoms. The second-order valence-corrected chi connectivity index (χ2v) is 6.90. The third kappa shape index (κ3) is 9.00. The van der Waals surface area contributed by atoms with Crippen molar-refractivity contribution >= 4 is 5.97 Å². The van der Waals surface area contributed by atoms with Crippen molar-refractivity contribution in [2.75, 3.05) is 33.7 Å². The van der Waals surface area contributed by atoms with Crippen LogP contribution < -0.4 is 0 Å². The highest BCUT2D eigenvalue weighted by Crippen LogP contribution is 2.12. The molecule has 0 amide bonds. The highest BCUT2D eigenvalue weighted by molar-refractivity contribution is 5.75. The first-order valence-electron chi connectivity index (χ1n) is 7.14. The Morgan fingerprint density at radius 3 is 2.00 bits per heavy atom. The zero-order chi connectivity index (χ0) is 15.2. The van der Waals surface area contributed by atoms with Crippen molar-refractivity contribution in [1.29, 1.82) is 0 Å². The maximum absolute atomic E-state index is 12.1. The van der Waals surface area contributed by atoms with Gasteiger partial charge < -0.3 is 9.64 Å². The molecular formula is C15H32N2O2. The van der Waals surface area contributed by atoms with Crippen LogP contribution in [0.2, 0.25) is 0 Å². The first kappa shape index (κ1) is 18.4. The Labute approximate surface area is 119 Å². The molecule has 4 heteroatoms. The summed E-state index contributed by atoms with van der Waals surface area (Å²) in [5.41, 5.74) is -0.420. The van der Waals surface area contributed by atoms with Crippen LogP contribution in [0.4, 0.5) is 0 Å². The Balaban J connectivity index is 4.59. The van der Waals surface area contributed by atoms with Gasteiger partial charge in [-0.15, -0.1) is 0 Å². The third-order valence-corrected chi connectivity index (χ3v) is 2.73. The van der Waals surface area contributed by atoms with Gasteiger partial charge in [-0.1, -0.05) is 13.8 Å². The quantitative estimate of drug-likeness (QED) is 0.665. The van der Waals surface area contributed by atoms with E-state index in [-0.39, 0.29) is 12.0 Å². The number of carbonyl (C=O) groups excluding carboxylic acids is 1. The van der Waals surface area contributed by atoms with Crippen LogP contribution in [0.3, 0.4) is 0 Å². The number of ether oxygens (including phenoxy) is 1. The summed E-state index contributed by atoms with van der Waals surface area (Å²) in [6.45, 7) is 14.7. The second kappa shape index (κ2) is 7.85. The summed E-state index contributed by atoms with van der Waals surface area (Å²) >= 11 is 0. The average Bonchev–Trinajstić information content (AvgIpc) is 2.19. The van der Waals surface area contributed by atoms with Crippen molar-refractivity contribution in [1.82, 2.24) is 9.80 Å². The molecule has 0 aliphatic carbocycles. The molecule has 4 nitrogen and oxygen atoms in total. The Hall–Kier alpha value is -0.610. The molecule has 1 atom stereocenters. The zero-order valence-electron chi connectivity index (χ0n) is 14.0. The zero-order valence-corrected chi connectivity index (χ0v) is 14.0. The lowest BCUT2D eigenvalue weighted by Gasteiger charge is -2.32. The molecule has 0 spiro atoms. The summed E-state index contributed by atoms with van der Waals surface area (Å²) in [5, 5.41) is 0. The molecule has 0 aromatic heterocycles. The normalized spacial score (nSPS) is 14.3. The summed E-state index contributed by atoms with van der Waals surface area (Å²) in [6.07, 6.45) is 0. The van der Waals surface area contributed by atoms with Crippen LogP contribution in [0.5, 0.6) is 0 Å². The number of esters is 1. The highest BCUT2D eigenvalue weighted by Gasteiger charge is 2.26. The minimum Gasteiger partial charge on any atom is -0.459 e. The predicted octanol–water partition coefficient (Wildman–Crippen LogP) is 2.24. The van der Waals surface area contributed by atoms with Crippen molar-refractivity contribution in [3.63, 3.8) is 0 Å². The van der Waals surface area contributed by atoms with Gasteiger partial charge in [-0.05, 0) is 47.7 Å². The lowest BCUT2D eigenvalue weighted by molar-refractivity contribution is -0.161. The van der Waals surface area contributed by atoms with Crippen LogP contribution in [-0.4, -0.2) is 61.1 Å². The summed E-state index contributed by atoms with van der Waals surface area (Å²) in [7, 11) is 4.09. The van der Waals surface area contributed by atoms with E-state index in [1.165, 1.54) is 0 Å². The van der Waals surface area contributed by atoms with Gasteiger partial charge in [0.1, 0.15) is 11.6 Å². The van der Waals surface area contributed by atoms with E-state index in [4.69, 9.17) is 4.74 Å². The van der Waals surface area contributed by atoms with Crippen molar-refractivity contribution in [3.8, 4) is 0 Å². The van der Waals surface area contributed by atoms with Crippen LogP contribution in [0, 0.1) is 5.92 Å². The standard InChI is InChI=1S/C15H32N2O2/c1-12(2)11-17(10-9-16(7)8)13(3)14(18)19-15(4,5)6/h12-13H,9-11H2,1-8H3. The molecular weight excluding hydrogens is 240 g/mol. The Morgan fingerprint density at radius 2 is 1.63 bits per heavy atom. The fourth-order valence-electron chi connectivity index (χ4n) is 1.78. The monoisotopic (exact) mass is 272 g/mol. The summed E-state index contributed by atoms with van der Waals surface area (Å²) in [4.78, 5) is 16.5. The molecule has 0 radical (unpaired) electrons. The van der Waals surface area contributed by atoms with E-state index in [2.05, 4.69) is 23.6 Å². The molecule has 114 valence electrons. The van der Waals surface area contributed by atoms with Gasteiger partial charge in [0.2, 0.25) is 0 Å². The Kier molecular flexibility index (Phi) is 7.60. The maximum Gasteiger partial charge on any atom is 0.323 e. The predicted molar refractivity (Wildman–Crippen MR) is 80.3 cm³/mol. The number of carbonyl (C=O) groups is 1. The Morgan fingerprint density at radius 1 is 1.11 bits per heavy atom. The molecule has 0 aromatic carbocycles. The van der Waals surface area contributed by atoms with Crippen LogP contribution >= 0.6 is 0 Å². The summed E-state index contributed by atoms with van der Waals surface area (Å²) < 4.78 is 5.47. The second-order valence-electron chi connectivity index (χ2n) is 6.90. The first-order valence-corrected chi connectivity index (χ1v) is 7.14. The molecule has 0 saturated carbocycles. The van der Waals surface area contributed by atoms with Gasteiger partial charge >= 0.3 is 5.97 Å². The molecule has 0 heterocycles. The maximum atomic E-state index is 12.1. The fraction of sp³-hybridized carbons (Fsp3) is 0.933. The third-order valence-electron chi connectivity index (χ3n) is 2.73. The van der Waals surface area contributed by atoms with E-state index >= 15 is 0 Å². The summed E-state index contributed by atoms with van der Waals surface area (Å²) in [6, 6.07) is -0.193. The molecule has 0 aliphatic heterocycles. The number of likely N-dealkylation sites (N-methyl/N-ethyl adjacent to an activating group) is 1. The van der Waals surface area contributed by atoms with Gasteiger partial charge in [0.05, 0.1) is 0 Å². The van der Waals surface area contributed by atoms with Gasteiger partial charge in [0, 0.05) is 19.6 Å². The number of hydrogen-bond acceptors (Lipinski definition) is 4. The highest BCUT2D eigenvalue weighted by atomic mass is 16.6. The SMILES string of the molecule is CC(C)CN(CCN(C)C)C(C)C(=O)OC(C)(C)C. The van der Waals surface area contributed by atoms with E-state index in [9.17, 15) is 4.79 Å². The molecule has 0 N–H and O–H groups in total. The topological polar surface area (TPSA) is 32.8 Å². The van der Waals surface area contributed by atoms with Crippen molar-refractivity contribution in [2.24, 2.45) is 5.92 Å².